The molecule has 3 N–H and O–H groups in total. The third-order valence-corrected chi connectivity index (χ3v) is 3.23. The highest BCUT2D eigenvalue weighted by Crippen LogP contribution is 2.23. The van der Waals surface area contributed by atoms with Crippen molar-refractivity contribution in [2.45, 2.75) is 13.0 Å². The van der Waals surface area contributed by atoms with Crippen LogP contribution in [0.2, 0.25) is 0 Å². The maximum Gasteiger partial charge on any atom is 0.272 e. The minimum Gasteiger partial charge on any atom is -0.357 e. The second-order valence-electron chi connectivity index (χ2n) is 4.41. The van der Waals surface area contributed by atoms with Crippen molar-refractivity contribution in [3.05, 3.63) is 53.3 Å². The first-order chi connectivity index (χ1) is 8.84. The van der Waals surface area contributed by atoms with Gasteiger partial charge in [-0.3, -0.25) is 4.79 Å². The highest BCUT2D eigenvalue weighted by molar-refractivity contribution is 6.03. The molecule has 0 bridgehead atoms. The Balaban J connectivity index is 1.87. The molecule has 0 fully saturated rings. The van der Waals surface area contributed by atoms with Crippen molar-refractivity contribution < 1.29 is 4.79 Å². The first-order valence-electron chi connectivity index (χ1n) is 6.11. The third kappa shape index (κ3) is 2.02. The van der Waals surface area contributed by atoms with Crippen LogP contribution in [-0.2, 0) is 13.0 Å². The van der Waals surface area contributed by atoms with Crippen LogP contribution in [0.4, 0.5) is 5.69 Å². The van der Waals surface area contributed by atoms with Gasteiger partial charge < -0.3 is 15.6 Å². The van der Waals surface area contributed by atoms with E-state index in [-0.39, 0.29) is 5.91 Å². The van der Waals surface area contributed by atoms with E-state index in [4.69, 9.17) is 0 Å². The molecule has 2 heterocycles. The van der Waals surface area contributed by atoms with Gasteiger partial charge in [0, 0.05) is 18.4 Å². The maximum absolute atomic E-state index is 12.0. The molecule has 0 radical (unpaired) electrons. The van der Waals surface area contributed by atoms with Crippen LogP contribution in [0.1, 0.15) is 21.6 Å². The van der Waals surface area contributed by atoms with Crippen LogP contribution in [0.25, 0.3) is 0 Å². The Morgan fingerprint density at radius 1 is 1.22 bits per heavy atom. The highest BCUT2D eigenvalue weighted by atomic mass is 16.1. The summed E-state index contributed by atoms with van der Waals surface area (Å²) in [5.74, 6) is -0.0908. The summed E-state index contributed by atoms with van der Waals surface area (Å²) in [4.78, 5) is 14.9. The fourth-order valence-electron chi connectivity index (χ4n) is 2.31. The molecule has 4 heteroatoms. The summed E-state index contributed by atoms with van der Waals surface area (Å²) in [7, 11) is 0. The Labute approximate surface area is 105 Å². The number of amides is 1. The minimum absolute atomic E-state index is 0.0908. The monoisotopic (exact) mass is 241 g/mol. The van der Waals surface area contributed by atoms with Gasteiger partial charge in [-0.25, -0.2) is 0 Å². The van der Waals surface area contributed by atoms with Crippen molar-refractivity contribution in [3.63, 3.8) is 0 Å². The molecular weight excluding hydrogens is 226 g/mol. The van der Waals surface area contributed by atoms with Gasteiger partial charge >= 0.3 is 0 Å². The number of H-pyrrole nitrogens is 1. The van der Waals surface area contributed by atoms with Crippen molar-refractivity contribution in [3.8, 4) is 0 Å². The topological polar surface area (TPSA) is 56.9 Å². The Kier molecular flexibility index (Phi) is 2.86. The van der Waals surface area contributed by atoms with Crippen molar-refractivity contribution in [2.24, 2.45) is 0 Å². The minimum atomic E-state index is -0.0908. The van der Waals surface area contributed by atoms with Gasteiger partial charge in [0.1, 0.15) is 5.69 Å². The predicted molar refractivity (Wildman–Crippen MR) is 70.6 cm³/mol. The largest absolute Gasteiger partial charge is 0.357 e. The second-order valence-corrected chi connectivity index (χ2v) is 4.41. The molecule has 1 aromatic heterocycles. The van der Waals surface area contributed by atoms with Gasteiger partial charge in [0.25, 0.3) is 5.91 Å². The Hall–Kier alpha value is -2.07. The van der Waals surface area contributed by atoms with Gasteiger partial charge in [-0.05, 0) is 42.3 Å². The van der Waals surface area contributed by atoms with E-state index in [0.717, 1.165) is 25.2 Å². The molecule has 3 rings (SSSR count). The van der Waals surface area contributed by atoms with E-state index in [0.29, 0.717) is 5.69 Å². The lowest BCUT2D eigenvalue weighted by Gasteiger charge is -2.20. The quantitative estimate of drug-likeness (QED) is 0.752. The second kappa shape index (κ2) is 4.66. The van der Waals surface area contributed by atoms with E-state index in [1.165, 1.54) is 11.1 Å². The van der Waals surface area contributed by atoms with Gasteiger partial charge in [-0.1, -0.05) is 12.1 Å². The molecular formula is C14H15N3O. The van der Waals surface area contributed by atoms with Crippen LogP contribution in [0.15, 0.2) is 36.5 Å². The Bertz CT molecular complexity index is 560. The normalized spacial score (nSPS) is 14.0. The van der Waals surface area contributed by atoms with Gasteiger partial charge in [0.2, 0.25) is 0 Å². The smallest absolute Gasteiger partial charge is 0.272 e. The predicted octanol–water partition coefficient (Wildman–Crippen LogP) is 1.91. The van der Waals surface area contributed by atoms with Gasteiger partial charge in [0.05, 0.1) is 0 Å². The molecule has 1 aromatic carbocycles. The molecule has 0 unspecified atom stereocenters. The molecule has 0 atom stereocenters. The van der Waals surface area contributed by atoms with E-state index in [1.807, 2.05) is 18.2 Å². The number of nitrogens with one attached hydrogen (secondary N) is 3. The first kappa shape index (κ1) is 11.0. The number of benzene rings is 1. The Morgan fingerprint density at radius 3 is 3.00 bits per heavy atom. The van der Waals surface area contributed by atoms with Crippen molar-refractivity contribution in [2.75, 3.05) is 11.9 Å². The van der Waals surface area contributed by atoms with E-state index >= 15 is 0 Å². The molecule has 0 spiro atoms. The summed E-state index contributed by atoms with van der Waals surface area (Å²) in [6.45, 7) is 1.84. The summed E-state index contributed by atoms with van der Waals surface area (Å²) in [5, 5.41) is 6.30. The van der Waals surface area contributed by atoms with Crippen LogP contribution in [0, 0.1) is 0 Å². The number of hydrogen-bond donors (Lipinski definition) is 3. The summed E-state index contributed by atoms with van der Waals surface area (Å²) in [6.07, 6.45) is 2.70. The molecule has 1 amide bonds. The molecule has 0 saturated heterocycles. The molecule has 92 valence electrons. The number of rotatable bonds is 2. The average molecular weight is 241 g/mol. The number of carbonyl (C=O) groups is 1. The zero-order valence-electron chi connectivity index (χ0n) is 9.99. The molecule has 0 saturated carbocycles. The van der Waals surface area contributed by atoms with Crippen molar-refractivity contribution >= 4 is 11.6 Å². The van der Waals surface area contributed by atoms with Gasteiger partial charge in [0.15, 0.2) is 0 Å². The maximum atomic E-state index is 12.0. The van der Waals surface area contributed by atoms with Crippen LogP contribution >= 0.6 is 0 Å². The van der Waals surface area contributed by atoms with Gasteiger partial charge in [-0.2, -0.15) is 0 Å². The fourth-order valence-corrected chi connectivity index (χ4v) is 2.31. The summed E-state index contributed by atoms with van der Waals surface area (Å²) in [5.41, 5.74) is 4.02. The summed E-state index contributed by atoms with van der Waals surface area (Å²) < 4.78 is 0. The van der Waals surface area contributed by atoms with Crippen molar-refractivity contribution in [1.29, 1.82) is 0 Å². The molecule has 2 aromatic rings. The lowest BCUT2D eigenvalue weighted by Crippen LogP contribution is -2.25. The first-order valence-corrected chi connectivity index (χ1v) is 6.11. The molecule has 1 aliphatic heterocycles. The van der Waals surface area contributed by atoms with Crippen LogP contribution in [0.3, 0.4) is 0 Å². The molecule has 0 aliphatic carbocycles. The number of hydrogen-bond acceptors (Lipinski definition) is 2. The standard InChI is InChI=1S/C14H15N3O/c18-14(13-5-2-7-16-13)17-12-4-1-3-10-9-15-8-6-11(10)12/h1-5,7,15-16H,6,8-9H2,(H,17,18). The van der Waals surface area contributed by atoms with E-state index in [9.17, 15) is 4.79 Å². The zero-order chi connectivity index (χ0) is 12.4. The van der Waals surface area contributed by atoms with Crippen LogP contribution in [-0.4, -0.2) is 17.4 Å². The molecule has 1 aliphatic rings. The zero-order valence-corrected chi connectivity index (χ0v) is 9.99. The van der Waals surface area contributed by atoms with Crippen molar-refractivity contribution in [1.82, 2.24) is 10.3 Å². The number of fused-ring (bicyclic) bond motifs is 1. The number of aromatic amines is 1. The summed E-state index contributed by atoms with van der Waals surface area (Å²) >= 11 is 0. The van der Waals surface area contributed by atoms with E-state index < -0.39 is 0 Å². The van der Waals surface area contributed by atoms with E-state index in [2.05, 4.69) is 21.7 Å². The number of aromatic nitrogens is 1. The summed E-state index contributed by atoms with van der Waals surface area (Å²) in [6, 6.07) is 9.64. The van der Waals surface area contributed by atoms with Crippen LogP contribution in [0.5, 0.6) is 0 Å². The third-order valence-electron chi connectivity index (χ3n) is 3.23. The lowest BCUT2D eigenvalue weighted by atomic mass is 9.99. The van der Waals surface area contributed by atoms with E-state index in [1.54, 1.807) is 12.3 Å². The Morgan fingerprint density at radius 2 is 2.17 bits per heavy atom. The SMILES string of the molecule is O=C(Nc1cccc2c1CCNC2)c1ccc[nH]1. The molecule has 18 heavy (non-hydrogen) atoms. The average Bonchev–Trinajstić information content (AvgIpc) is 2.93. The fraction of sp³-hybridized carbons (Fsp3) is 0.214. The van der Waals surface area contributed by atoms with Gasteiger partial charge in [-0.15, -0.1) is 0 Å². The number of anilines is 1. The molecule has 4 nitrogen and oxygen atoms in total. The highest BCUT2D eigenvalue weighted by Gasteiger charge is 2.14. The van der Waals surface area contributed by atoms with Crippen LogP contribution < -0.4 is 10.6 Å². The number of carbonyl (C=O) groups excluding carboxylic acids is 1. The lowest BCUT2D eigenvalue weighted by molar-refractivity contribution is 0.102.